The van der Waals surface area contributed by atoms with E-state index in [0.29, 0.717) is 26.1 Å². The molecular weight excluding hydrogens is 234 g/mol. The number of carbonyl (C=O) groups excluding carboxylic acids is 2. The van der Waals surface area contributed by atoms with Crippen LogP contribution >= 0.6 is 0 Å². The second-order valence-corrected chi connectivity index (χ2v) is 4.01. The normalized spacial score (nSPS) is 12.3. The Morgan fingerprint density at radius 1 is 1.22 bits per heavy atom. The molecule has 106 valence electrons. The zero-order chi connectivity index (χ0) is 14.0. The third kappa shape index (κ3) is 6.00. The van der Waals surface area contributed by atoms with Crippen molar-refractivity contribution < 1.29 is 19.1 Å². The maximum Gasteiger partial charge on any atom is 0.323 e. The number of hydrogen-bond donors (Lipinski definition) is 0. The number of rotatable bonds is 9. The first-order chi connectivity index (χ1) is 8.60. The fraction of sp³-hybridized carbons (Fsp3) is 0.846. The molecule has 0 saturated carbocycles. The summed E-state index contributed by atoms with van der Waals surface area (Å²) in [4.78, 5) is 25.0. The van der Waals surface area contributed by atoms with Crippen LogP contribution in [0.3, 0.4) is 0 Å². The van der Waals surface area contributed by atoms with Crippen LogP contribution in [0.25, 0.3) is 0 Å². The van der Waals surface area contributed by atoms with Gasteiger partial charge >= 0.3 is 11.9 Å². The minimum absolute atomic E-state index is 0.203. The summed E-state index contributed by atoms with van der Waals surface area (Å²) < 4.78 is 9.69. The molecule has 0 aliphatic carbocycles. The topological polar surface area (TPSA) is 55.8 Å². The fourth-order valence-electron chi connectivity index (χ4n) is 1.83. The third-order valence-electron chi connectivity index (χ3n) is 2.80. The summed E-state index contributed by atoms with van der Waals surface area (Å²) in [5.74, 6) is -0.460. The lowest BCUT2D eigenvalue weighted by molar-refractivity contribution is -0.151. The highest BCUT2D eigenvalue weighted by molar-refractivity contribution is 5.76. The van der Waals surface area contributed by atoms with Gasteiger partial charge in [0, 0.05) is 6.54 Å². The zero-order valence-corrected chi connectivity index (χ0v) is 11.9. The van der Waals surface area contributed by atoms with Gasteiger partial charge in [-0.1, -0.05) is 20.3 Å². The van der Waals surface area contributed by atoms with Crippen LogP contribution in [0, 0.1) is 0 Å². The first-order valence-electron chi connectivity index (χ1n) is 6.58. The molecule has 0 spiro atoms. The van der Waals surface area contributed by atoms with E-state index in [1.807, 2.05) is 18.7 Å². The van der Waals surface area contributed by atoms with Crippen LogP contribution in [0.15, 0.2) is 0 Å². The highest BCUT2D eigenvalue weighted by atomic mass is 16.5. The maximum absolute atomic E-state index is 11.9. The van der Waals surface area contributed by atoms with E-state index in [2.05, 4.69) is 4.74 Å². The van der Waals surface area contributed by atoms with Crippen molar-refractivity contribution in [2.75, 3.05) is 26.8 Å². The van der Waals surface area contributed by atoms with Gasteiger partial charge in [-0.2, -0.15) is 0 Å². The van der Waals surface area contributed by atoms with Crippen LogP contribution < -0.4 is 0 Å². The Bertz CT molecular complexity index is 255. The van der Waals surface area contributed by atoms with Crippen LogP contribution in [0.1, 0.15) is 40.0 Å². The summed E-state index contributed by atoms with van der Waals surface area (Å²) in [6, 6.07) is -0.260. The van der Waals surface area contributed by atoms with Crippen molar-refractivity contribution >= 4 is 11.9 Å². The first kappa shape index (κ1) is 16.9. The van der Waals surface area contributed by atoms with Crippen LogP contribution in [-0.2, 0) is 19.1 Å². The molecule has 0 N–H and O–H groups in total. The van der Waals surface area contributed by atoms with Gasteiger partial charge in [0.15, 0.2) is 0 Å². The van der Waals surface area contributed by atoms with Crippen molar-refractivity contribution in [3.05, 3.63) is 0 Å². The summed E-state index contributed by atoms with van der Waals surface area (Å²) in [5.41, 5.74) is 0. The van der Waals surface area contributed by atoms with Crippen molar-refractivity contribution in [2.24, 2.45) is 0 Å². The van der Waals surface area contributed by atoms with Gasteiger partial charge in [-0.3, -0.25) is 14.5 Å². The summed E-state index contributed by atoms with van der Waals surface area (Å²) in [6.45, 7) is 7.41. The van der Waals surface area contributed by atoms with Gasteiger partial charge in [0.2, 0.25) is 0 Å². The largest absolute Gasteiger partial charge is 0.469 e. The number of ether oxygens (including phenoxy) is 2. The number of methoxy groups -OCH3 is 1. The predicted molar refractivity (Wildman–Crippen MR) is 69.2 cm³/mol. The molecule has 0 amide bonds. The lowest BCUT2D eigenvalue weighted by Crippen LogP contribution is -2.43. The molecule has 0 fully saturated rings. The molecule has 5 heteroatoms. The van der Waals surface area contributed by atoms with E-state index in [9.17, 15) is 9.59 Å². The van der Waals surface area contributed by atoms with Gasteiger partial charge in [-0.15, -0.1) is 0 Å². The van der Waals surface area contributed by atoms with Crippen LogP contribution in [0.5, 0.6) is 0 Å². The van der Waals surface area contributed by atoms with Crippen LogP contribution in [0.2, 0.25) is 0 Å². The second-order valence-electron chi connectivity index (χ2n) is 4.01. The Kier molecular flexibility index (Phi) is 9.28. The Morgan fingerprint density at radius 2 is 1.89 bits per heavy atom. The van der Waals surface area contributed by atoms with Gasteiger partial charge < -0.3 is 9.47 Å². The molecule has 0 aromatic carbocycles. The lowest BCUT2D eigenvalue weighted by atomic mass is 10.1. The van der Waals surface area contributed by atoms with E-state index in [-0.39, 0.29) is 18.0 Å². The van der Waals surface area contributed by atoms with Crippen molar-refractivity contribution in [3.8, 4) is 0 Å². The number of carbonyl (C=O) groups is 2. The molecular formula is C13H25NO4. The van der Waals surface area contributed by atoms with Crippen LogP contribution in [0.4, 0.5) is 0 Å². The van der Waals surface area contributed by atoms with E-state index < -0.39 is 0 Å². The van der Waals surface area contributed by atoms with Gasteiger partial charge in [0.1, 0.15) is 6.04 Å². The second kappa shape index (κ2) is 9.88. The number of esters is 2. The number of nitrogens with zero attached hydrogens (tertiary/aromatic N) is 1. The average molecular weight is 259 g/mol. The van der Waals surface area contributed by atoms with Crippen LogP contribution in [-0.4, -0.2) is 49.7 Å². The Morgan fingerprint density at radius 3 is 2.33 bits per heavy atom. The highest BCUT2D eigenvalue weighted by Gasteiger charge is 2.25. The van der Waals surface area contributed by atoms with E-state index in [0.717, 1.165) is 12.8 Å². The average Bonchev–Trinajstić information content (AvgIpc) is 2.37. The molecule has 0 bridgehead atoms. The quantitative estimate of drug-likeness (QED) is 0.589. The molecule has 0 aromatic heterocycles. The van der Waals surface area contributed by atoms with Crippen molar-refractivity contribution in [1.82, 2.24) is 4.90 Å². The standard InChI is InChI=1S/C13H25NO4/c1-5-8-11(13(16)18-7-3)14(6-2)10-9-12(15)17-4/h11H,5-10H2,1-4H3. The van der Waals surface area contributed by atoms with Crippen molar-refractivity contribution in [1.29, 1.82) is 0 Å². The molecule has 1 unspecified atom stereocenters. The van der Waals surface area contributed by atoms with Gasteiger partial charge in [0.05, 0.1) is 20.1 Å². The summed E-state index contributed by atoms with van der Waals surface area (Å²) >= 11 is 0. The SMILES string of the molecule is CCCC(C(=O)OCC)N(CC)CCC(=O)OC. The Hall–Kier alpha value is -1.10. The van der Waals surface area contributed by atoms with E-state index in [4.69, 9.17) is 4.74 Å². The third-order valence-corrected chi connectivity index (χ3v) is 2.80. The van der Waals surface area contributed by atoms with Gasteiger partial charge in [-0.05, 0) is 19.9 Å². The number of hydrogen-bond acceptors (Lipinski definition) is 5. The summed E-state index contributed by atoms with van der Waals surface area (Å²) in [6.07, 6.45) is 1.94. The fourth-order valence-corrected chi connectivity index (χ4v) is 1.83. The summed E-state index contributed by atoms with van der Waals surface area (Å²) in [7, 11) is 1.37. The summed E-state index contributed by atoms with van der Waals surface area (Å²) in [5, 5.41) is 0. The van der Waals surface area contributed by atoms with Crippen molar-refractivity contribution in [3.63, 3.8) is 0 Å². The lowest BCUT2D eigenvalue weighted by Gasteiger charge is -2.28. The van der Waals surface area contributed by atoms with Crippen molar-refractivity contribution in [2.45, 2.75) is 46.1 Å². The van der Waals surface area contributed by atoms with Gasteiger partial charge in [0.25, 0.3) is 0 Å². The Labute approximate surface area is 109 Å². The highest BCUT2D eigenvalue weighted by Crippen LogP contribution is 2.10. The molecule has 0 aromatic rings. The minimum Gasteiger partial charge on any atom is -0.469 e. The monoisotopic (exact) mass is 259 g/mol. The van der Waals surface area contributed by atoms with E-state index in [1.54, 1.807) is 6.92 Å². The molecule has 1 atom stereocenters. The maximum atomic E-state index is 11.9. The van der Waals surface area contributed by atoms with E-state index in [1.165, 1.54) is 7.11 Å². The molecule has 0 aliphatic rings. The first-order valence-corrected chi connectivity index (χ1v) is 6.58. The smallest absolute Gasteiger partial charge is 0.323 e. The molecule has 0 heterocycles. The molecule has 0 aliphatic heterocycles. The van der Waals surface area contributed by atoms with Gasteiger partial charge in [-0.25, -0.2) is 0 Å². The predicted octanol–water partition coefficient (Wildman–Crippen LogP) is 1.60. The molecule has 5 nitrogen and oxygen atoms in total. The number of likely N-dealkylation sites (N-methyl/N-ethyl adjacent to an activating group) is 1. The van der Waals surface area contributed by atoms with E-state index >= 15 is 0 Å². The molecule has 0 saturated heterocycles. The molecule has 18 heavy (non-hydrogen) atoms. The molecule has 0 rings (SSSR count). The zero-order valence-electron chi connectivity index (χ0n) is 11.9. The minimum atomic E-state index is -0.260. The molecule has 0 radical (unpaired) electrons. The Balaban J connectivity index is 4.50.